The molecule has 1 saturated heterocycles. The first-order chi connectivity index (χ1) is 5.58. The van der Waals surface area contributed by atoms with Crippen molar-refractivity contribution in [1.82, 2.24) is 14.8 Å². The summed E-state index contributed by atoms with van der Waals surface area (Å²) >= 11 is 0. The SMILES string of the molecule is O=c1[nH]ncn1C1CS(=O)(=O)C1. The zero-order chi connectivity index (χ0) is 8.77. The number of H-pyrrole nitrogens is 1. The lowest BCUT2D eigenvalue weighted by molar-refractivity contribution is 0.498. The van der Waals surface area contributed by atoms with E-state index in [1.54, 1.807) is 0 Å². The molecular weight excluding hydrogens is 182 g/mol. The molecule has 7 heteroatoms. The minimum Gasteiger partial charge on any atom is -0.277 e. The molecule has 1 aliphatic heterocycles. The number of sulfone groups is 1. The van der Waals surface area contributed by atoms with Crippen LogP contribution in [0.2, 0.25) is 0 Å². The molecular formula is C5H7N3O3S. The smallest absolute Gasteiger partial charge is 0.277 e. The molecule has 6 nitrogen and oxygen atoms in total. The van der Waals surface area contributed by atoms with Crippen LogP contribution >= 0.6 is 0 Å². The highest BCUT2D eigenvalue weighted by atomic mass is 32.2. The van der Waals surface area contributed by atoms with Crippen molar-refractivity contribution in [2.75, 3.05) is 11.5 Å². The minimum atomic E-state index is -2.87. The zero-order valence-electron chi connectivity index (χ0n) is 6.10. The Labute approximate surface area is 68.1 Å². The first-order valence-corrected chi connectivity index (χ1v) is 5.22. The van der Waals surface area contributed by atoms with Crippen LogP contribution in [-0.2, 0) is 9.84 Å². The molecule has 1 fully saturated rings. The summed E-state index contributed by atoms with van der Waals surface area (Å²) in [5.41, 5.74) is -0.352. The van der Waals surface area contributed by atoms with Gasteiger partial charge in [0.05, 0.1) is 17.5 Å². The maximum absolute atomic E-state index is 10.9. The summed E-state index contributed by atoms with van der Waals surface area (Å²) in [7, 11) is -2.87. The topological polar surface area (TPSA) is 84.8 Å². The van der Waals surface area contributed by atoms with Gasteiger partial charge in [0.1, 0.15) is 6.33 Å². The quantitative estimate of drug-likeness (QED) is 0.585. The number of aromatic amines is 1. The van der Waals surface area contributed by atoms with Crippen LogP contribution in [0, 0.1) is 0 Å². The Bertz CT molecular complexity index is 431. The van der Waals surface area contributed by atoms with E-state index >= 15 is 0 Å². The standard InChI is InChI=1S/C5H7N3O3S/c9-5-7-6-3-8(5)4-1-12(10,11)2-4/h3-4H,1-2H2,(H,7,9). The molecule has 0 spiro atoms. The molecule has 2 heterocycles. The highest BCUT2D eigenvalue weighted by Gasteiger charge is 2.35. The van der Waals surface area contributed by atoms with Crippen LogP contribution in [0.4, 0.5) is 0 Å². The Kier molecular flexibility index (Phi) is 1.38. The van der Waals surface area contributed by atoms with Crippen molar-refractivity contribution in [3.8, 4) is 0 Å². The van der Waals surface area contributed by atoms with Gasteiger partial charge in [0, 0.05) is 0 Å². The molecule has 0 bridgehead atoms. The van der Waals surface area contributed by atoms with Gasteiger partial charge >= 0.3 is 5.69 Å². The van der Waals surface area contributed by atoms with E-state index in [-0.39, 0.29) is 23.2 Å². The van der Waals surface area contributed by atoms with Crippen molar-refractivity contribution in [3.05, 3.63) is 16.8 Å². The lowest BCUT2D eigenvalue weighted by atomic mass is 10.4. The van der Waals surface area contributed by atoms with E-state index in [9.17, 15) is 13.2 Å². The molecule has 0 aliphatic carbocycles. The van der Waals surface area contributed by atoms with E-state index in [1.165, 1.54) is 10.9 Å². The van der Waals surface area contributed by atoms with Gasteiger partial charge in [0.2, 0.25) is 0 Å². The van der Waals surface area contributed by atoms with Gasteiger partial charge in [-0.15, -0.1) is 0 Å². The second-order valence-electron chi connectivity index (χ2n) is 2.80. The van der Waals surface area contributed by atoms with Crippen molar-refractivity contribution in [1.29, 1.82) is 0 Å². The van der Waals surface area contributed by atoms with Crippen LogP contribution in [0.25, 0.3) is 0 Å². The number of hydrogen-bond acceptors (Lipinski definition) is 4. The summed E-state index contributed by atoms with van der Waals surface area (Å²) < 4.78 is 22.8. The third-order valence-corrected chi connectivity index (χ3v) is 3.65. The van der Waals surface area contributed by atoms with Gasteiger partial charge < -0.3 is 0 Å². The van der Waals surface area contributed by atoms with Gasteiger partial charge in [0.15, 0.2) is 9.84 Å². The van der Waals surface area contributed by atoms with E-state index in [4.69, 9.17) is 0 Å². The molecule has 0 saturated carbocycles. The molecule has 2 rings (SSSR count). The molecule has 0 unspecified atom stereocenters. The summed E-state index contributed by atoms with van der Waals surface area (Å²) in [5, 5.41) is 5.71. The molecule has 0 radical (unpaired) electrons. The predicted molar refractivity (Wildman–Crippen MR) is 40.5 cm³/mol. The summed E-state index contributed by atoms with van der Waals surface area (Å²) in [6.07, 6.45) is 1.32. The van der Waals surface area contributed by atoms with Crippen LogP contribution in [0.15, 0.2) is 11.1 Å². The zero-order valence-corrected chi connectivity index (χ0v) is 6.91. The molecule has 1 aliphatic rings. The molecule has 1 N–H and O–H groups in total. The fourth-order valence-corrected chi connectivity index (χ4v) is 2.61. The van der Waals surface area contributed by atoms with E-state index < -0.39 is 9.84 Å². The summed E-state index contributed by atoms with van der Waals surface area (Å²) in [5.74, 6) is 0.0961. The van der Waals surface area contributed by atoms with E-state index in [2.05, 4.69) is 10.2 Å². The van der Waals surface area contributed by atoms with Crippen LogP contribution in [-0.4, -0.2) is 34.7 Å². The Morgan fingerprint density at radius 1 is 1.58 bits per heavy atom. The maximum Gasteiger partial charge on any atom is 0.343 e. The summed E-state index contributed by atoms with van der Waals surface area (Å²) in [6, 6.07) is -0.221. The minimum absolute atomic E-state index is 0.0481. The number of nitrogens with zero attached hydrogens (tertiary/aromatic N) is 2. The van der Waals surface area contributed by atoms with Crippen LogP contribution < -0.4 is 5.69 Å². The van der Waals surface area contributed by atoms with Crippen molar-refractivity contribution in [3.63, 3.8) is 0 Å². The highest BCUT2D eigenvalue weighted by Crippen LogP contribution is 2.21. The Hall–Kier alpha value is -1.11. The van der Waals surface area contributed by atoms with E-state index in [0.29, 0.717) is 0 Å². The Morgan fingerprint density at radius 2 is 2.25 bits per heavy atom. The Morgan fingerprint density at radius 3 is 2.67 bits per heavy atom. The lowest BCUT2D eigenvalue weighted by Gasteiger charge is -2.25. The number of hydrogen-bond donors (Lipinski definition) is 1. The van der Waals surface area contributed by atoms with Crippen LogP contribution in [0.3, 0.4) is 0 Å². The van der Waals surface area contributed by atoms with Crippen molar-refractivity contribution < 1.29 is 8.42 Å². The fraction of sp³-hybridized carbons (Fsp3) is 0.600. The van der Waals surface area contributed by atoms with E-state index in [0.717, 1.165) is 0 Å². The largest absolute Gasteiger partial charge is 0.343 e. The lowest BCUT2D eigenvalue weighted by Crippen LogP contribution is -2.41. The van der Waals surface area contributed by atoms with Crippen LogP contribution in [0.1, 0.15) is 6.04 Å². The summed E-state index contributed by atoms with van der Waals surface area (Å²) in [4.78, 5) is 10.9. The van der Waals surface area contributed by atoms with Crippen molar-refractivity contribution in [2.45, 2.75) is 6.04 Å². The van der Waals surface area contributed by atoms with Gasteiger partial charge in [-0.2, -0.15) is 5.10 Å². The third kappa shape index (κ3) is 1.06. The van der Waals surface area contributed by atoms with Gasteiger partial charge in [-0.3, -0.25) is 4.57 Å². The molecule has 1 aromatic heterocycles. The number of rotatable bonds is 1. The molecule has 1 aromatic rings. The van der Waals surface area contributed by atoms with Crippen molar-refractivity contribution >= 4 is 9.84 Å². The first-order valence-electron chi connectivity index (χ1n) is 3.40. The third-order valence-electron chi connectivity index (χ3n) is 1.86. The normalized spacial score (nSPS) is 22.0. The maximum atomic E-state index is 10.9. The van der Waals surface area contributed by atoms with Crippen LogP contribution in [0.5, 0.6) is 0 Å². The second-order valence-corrected chi connectivity index (χ2v) is 4.95. The number of aromatic nitrogens is 3. The highest BCUT2D eigenvalue weighted by molar-refractivity contribution is 7.92. The predicted octanol–water partition coefficient (Wildman–Crippen LogP) is -1.46. The molecule has 66 valence electrons. The van der Waals surface area contributed by atoms with Gasteiger partial charge in [-0.05, 0) is 0 Å². The fourth-order valence-electron chi connectivity index (χ4n) is 1.21. The molecule has 12 heavy (non-hydrogen) atoms. The average molecular weight is 189 g/mol. The first kappa shape index (κ1) is 7.53. The number of nitrogens with one attached hydrogen (secondary N) is 1. The van der Waals surface area contributed by atoms with E-state index in [1.807, 2.05) is 0 Å². The van der Waals surface area contributed by atoms with Gasteiger partial charge in [-0.1, -0.05) is 0 Å². The molecule has 0 atom stereocenters. The average Bonchev–Trinajstić information content (AvgIpc) is 2.30. The Balaban J connectivity index is 2.27. The van der Waals surface area contributed by atoms with Gasteiger partial charge in [-0.25, -0.2) is 18.3 Å². The van der Waals surface area contributed by atoms with Crippen molar-refractivity contribution in [2.24, 2.45) is 0 Å². The summed E-state index contributed by atoms with van der Waals surface area (Å²) in [6.45, 7) is 0. The monoisotopic (exact) mass is 189 g/mol. The second kappa shape index (κ2) is 2.19. The molecule has 0 aromatic carbocycles. The van der Waals surface area contributed by atoms with Gasteiger partial charge in [0.25, 0.3) is 0 Å². The molecule has 0 amide bonds.